The summed E-state index contributed by atoms with van der Waals surface area (Å²) in [6.45, 7) is 8.37. The van der Waals surface area contributed by atoms with Crippen LogP contribution in [0.15, 0.2) is 18.5 Å². The second-order valence-electron chi connectivity index (χ2n) is 10.5. The number of likely N-dealkylation sites (tertiary alicyclic amines) is 1. The molecule has 8 heteroatoms. The van der Waals surface area contributed by atoms with Crippen LogP contribution in [-0.4, -0.2) is 65.7 Å². The molecule has 8 nitrogen and oxygen atoms in total. The second-order valence-corrected chi connectivity index (χ2v) is 10.5. The minimum absolute atomic E-state index is 0.0465. The van der Waals surface area contributed by atoms with Gasteiger partial charge >= 0.3 is 0 Å². The van der Waals surface area contributed by atoms with Gasteiger partial charge in [-0.05, 0) is 64.1 Å². The monoisotopic (exact) mass is 483 g/mol. The zero-order chi connectivity index (χ0) is 24.8. The number of carbonyl (C=O) groups excluding carboxylic acids is 2. The van der Waals surface area contributed by atoms with Crippen LogP contribution in [0.1, 0.15) is 69.2 Å². The van der Waals surface area contributed by atoms with Crippen molar-refractivity contribution in [1.82, 2.24) is 19.8 Å². The van der Waals surface area contributed by atoms with E-state index in [1.165, 1.54) is 6.42 Å². The molecule has 35 heavy (non-hydrogen) atoms. The van der Waals surface area contributed by atoms with Crippen molar-refractivity contribution in [2.75, 3.05) is 38.7 Å². The Hall–Kier alpha value is -2.45. The van der Waals surface area contributed by atoms with Crippen LogP contribution >= 0.6 is 0 Å². The molecule has 0 spiro atoms. The van der Waals surface area contributed by atoms with E-state index in [-0.39, 0.29) is 17.7 Å². The van der Waals surface area contributed by atoms with Gasteiger partial charge in [-0.1, -0.05) is 19.3 Å². The molecule has 0 radical (unpaired) electrons. The van der Waals surface area contributed by atoms with Crippen molar-refractivity contribution < 1.29 is 14.3 Å². The number of hydrogen-bond donors (Lipinski definition) is 2. The molecule has 2 N–H and O–H groups in total. The molecule has 1 aromatic heterocycles. The summed E-state index contributed by atoms with van der Waals surface area (Å²) in [5.41, 5.74) is 2.67. The van der Waals surface area contributed by atoms with Crippen LogP contribution in [0, 0.1) is 11.8 Å². The Morgan fingerprint density at radius 3 is 2.69 bits per heavy atom. The van der Waals surface area contributed by atoms with Crippen LogP contribution in [0.2, 0.25) is 0 Å². The molecule has 1 aromatic carbocycles. The number of carbonyl (C=O) groups is 2. The van der Waals surface area contributed by atoms with Crippen molar-refractivity contribution in [2.24, 2.45) is 11.8 Å². The van der Waals surface area contributed by atoms with Crippen LogP contribution < -0.4 is 10.6 Å². The standard InChI is InChI=1S/C27H41N5O3/c1-19(2)31-11-7-8-20(17-31)16-28-27(34)23-14-22(30-26(33)21-9-5-4-6-10-21)15-24-25(23)32(18-29-24)12-13-35-3/h14-15,18-21H,4-13,16-17H2,1-3H3,(H,28,34)(H,30,33). The lowest BCUT2D eigenvalue weighted by Crippen LogP contribution is -2.43. The van der Waals surface area contributed by atoms with Crippen molar-refractivity contribution in [2.45, 2.75) is 71.4 Å². The van der Waals surface area contributed by atoms with E-state index in [1.54, 1.807) is 13.4 Å². The predicted octanol–water partition coefficient (Wildman–Crippen LogP) is 4.05. The van der Waals surface area contributed by atoms with Crippen LogP contribution in [0.4, 0.5) is 5.69 Å². The first-order chi connectivity index (χ1) is 17.0. The fourth-order valence-corrected chi connectivity index (χ4v) is 5.49. The Labute approximate surface area is 208 Å². The molecule has 1 aliphatic heterocycles. The molecule has 1 saturated carbocycles. The molecule has 2 fully saturated rings. The summed E-state index contributed by atoms with van der Waals surface area (Å²) in [5, 5.41) is 6.26. The molecule has 2 amide bonds. The van der Waals surface area contributed by atoms with Gasteiger partial charge in [-0.15, -0.1) is 0 Å². The van der Waals surface area contributed by atoms with E-state index in [9.17, 15) is 9.59 Å². The van der Waals surface area contributed by atoms with Crippen molar-refractivity contribution in [1.29, 1.82) is 0 Å². The minimum atomic E-state index is -0.121. The summed E-state index contributed by atoms with van der Waals surface area (Å²) in [6, 6.07) is 4.20. The molecule has 1 aliphatic carbocycles. The molecule has 4 rings (SSSR count). The Balaban J connectivity index is 1.53. The number of hydrogen-bond acceptors (Lipinski definition) is 5. The third-order valence-corrected chi connectivity index (χ3v) is 7.57. The summed E-state index contributed by atoms with van der Waals surface area (Å²) >= 11 is 0. The average Bonchev–Trinajstić information content (AvgIpc) is 3.29. The van der Waals surface area contributed by atoms with Gasteiger partial charge in [0.25, 0.3) is 5.91 Å². The van der Waals surface area contributed by atoms with E-state index in [2.05, 4.69) is 34.4 Å². The van der Waals surface area contributed by atoms with Crippen LogP contribution in [0.25, 0.3) is 11.0 Å². The molecular formula is C27H41N5O3. The molecule has 1 saturated heterocycles. The summed E-state index contributed by atoms with van der Waals surface area (Å²) in [5.74, 6) is 0.416. The number of rotatable bonds is 9. The first-order valence-electron chi connectivity index (χ1n) is 13.3. The van der Waals surface area contributed by atoms with Crippen LogP contribution in [-0.2, 0) is 16.1 Å². The second kappa shape index (κ2) is 12.0. The lowest BCUT2D eigenvalue weighted by atomic mass is 9.88. The first kappa shape index (κ1) is 25.6. The number of nitrogens with one attached hydrogen (secondary N) is 2. The van der Waals surface area contributed by atoms with Crippen molar-refractivity contribution in [3.63, 3.8) is 0 Å². The quantitative estimate of drug-likeness (QED) is 0.562. The van der Waals surface area contributed by atoms with Crippen LogP contribution in [0.5, 0.6) is 0 Å². The summed E-state index contributed by atoms with van der Waals surface area (Å²) in [4.78, 5) is 33.4. The number of ether oxygens (including phenoxy) is 1. The van der Waals surface area contributed by atoms with Crippen molar-refractivity contribution in [3.8, 4) is 0 Å². The number of imidazole rings is 1. The smallest absolute Gasteiger partial charge is 0.253 e. The normalized spacial score (nSPS) is 19.8. The number of piperidine rings is 1. The highest BCUT2D eigenvalue weighted by Gasteiger charge is 2.25. The predicted molar refractivity (Wildman–Crippen MR) is 139 cm³/mol. The van der Waals surface area contributed by atoms with Gasteiger partial charge in [0.1, 0.15) is 0 Å². The largest absolute Gasteiger partial charge is 0.383 e. The number of fused-ring (bicyclic) bond motifs is 1. The lowest BCUT2D eigenvalue weighted by molar-refractivity contribution is -0.120. The SMILES string of the molecule is COCCn1cnc2cc(NC(=O)C3CCCCC3)cc(C(=O)NCC3CCCN(C(C)C)C3)c21. The fourth-order valence-electron chi connectivity index (χ4n) is 5.49. The lowest BCUT2D eigenvalue weighted by Gasteiger charge is -2.35. The summed E-state index contributed by atoms with van der Waals surface area (Å²) < 4.78 is 7.21. The van der Waals surface area contributed by atoms with Gasteiger partial charge < -0.3 is 24.8 Å². The fraction of sp³-hybridized carbons (Fsp3) is 0.667. The maximum absolute atomic E-state index is 13.5. The van der Waals surface area contributed by atoms with E-state index >= 15 is 0 Å². The Morgan fingerprint density at radius 1 is 1.14 bits per heavy atom. The Bertz CT molecular complexity index is 1010. The summed E-state index contributed by atoms with van der Waals surface area (Å²) in [6.07, 6.45) is 9.30. The summed E-state index contributed by atoms with van der Waals surface area (Å²) in [7, 11) is 1.66. The molecule has 1 atom stereocenters. The Morgan fingerprint density at radius 2 is 1.94 bits per heavy atom. The van der Waals surface area contributed by atoms with Gasteiger partial charge in [0, 0.05) is 44.4 Å². The molecular weight excluding hydrogens is 442 g/mol. The first-order valence-corrected chi connectivity index (χ1v) is 13.3. The van der Waals surface area contributed by atoms with Gasteiger partial charge in [0.05, 0.1) is 29.5 Å². The zero-order valence-corrected chi connectivity index (χ0v) is 21.5. The number of amides is 2. The number of benzene rings is 1. The average molecular weight is 484 g/mol. The van der Waals surface area contributed by atoms with Crippen molar-refractivity contribution in [3.05, 3.63) is 24.0 Å². The third-order valence-electron chi connectivity index (χ3n) is 7.57. The highest BCUT2D eigenvalue weighted by atomic mass is 16.5. The highest BCUT2D eigenvalue weighted by Crippen LogP contribution is 2.28. The van der Waals surface area contributed by atoms with Gasteiger partial charge in [-0.3, -0.25) is 9.59 Å². The molecule has 192 valence electrons. The molecule has 1 unspecified atom stereocenters. The third kappa shape index (κ3) is 6.41. The number of anilines is 1. The maximum atomic E-state index is 13.5. The zero-order valence-electron chi connectivity index (χ0n) is 21.5. The highest BCUT2D eigenvalue weighted by molar-refractivity contribution is 6.07. The topological polar surface area (TPSA) is 88.5 Å². The van der Waals surface area contributed by atoms with E-state index < -0.39 is 0 Å². The van der Waals surface area contributed by atoms with E-state index in [1.807, 2.05) is 16.7 Å². The number of aromatic nitrogens is 2. The van der Waals surface area contributed by atoms with E-state index in [4.69, 9.17) is 4.74 Å². The van der Waals surface area contributed by atoms with Crippen molar-refractivity contribution >= 4 is 28.5 Å². The van der Waals surface area contributed by atoms with E-state index in [0.29, 0.717) is 48.4 Å². The number of nitrogens with zero attached hydrogens (tertiary/aromatic N) is 3. The molecule has 2 heterocycles. The Kier molecular flexibility index (Phi) is 8.78. The van der Waals surface area contributed by atoms with Crippen LogP contribution in [0.3, 0.4) is 0 Å². The van der Waals surface area contributed by atoms with Gasteiger partial charge in [-0.25, -0.2) is 4.98 Å². The van der Waals surface area contributed by atoms with Gasteiger partial charge in [0.15, 0.2) is 0 Å². The van der Waals surface area contributed by atoms with Gasteiger partial charge in [-0.2, -0.15) is 0 Å². The minimum Gasteiger partial charge on any atom is -0.383 e. The van der Waals surface area contributed by atoms with E-state index in [0.717, 1.165) is 57.1 Å². The molecule has 0 bridgehead atoms. The molecule has 2 aliphatic rings. The molecule has 2 aromatic rings. The number of methoxy groups -OCH3 is 1. The van der Waals surface area contributed by atoms with Gasteiger partial charge in [0.2, 0.25) is 5.91 Å². The maximum Gasteiger partial charge on any atom is 0.253 e.